The van der Waals surface area contributed by atoms with Crippen molar-refractivity contribution in [2.75, 3.05) is 31.3 Å². The molecule has 0 saturated carbocycles. The van der Waals surface area contributed by atoms with E-state index in [1.165, 1.54) is 89.3 Å². The number of aryl methyl sites for hydroxylation is 1. The van der Waals surface area contributed by atoms with E-state index in [2.05, 4.69) is 12.2 Å². The molecule has 0 aliphatic carbocycles. The summed E-state index contributed by atoms with van der Waals surface area (Å²) in [5.41, 5.74) is 0.857. The first-order valence-electron chi connectivity index (χ1n) is 15.4. The van der Waals surface area contributed by atoms with Crippen LogP contribution in [0.5, 0.6) is 0 Å². The van der Waals surface area contributed by atoms with Gasteiger partial charge in [0.15, 0.2) is 6.20 Å². The second-order valence-corrected chi connectivity index (χ2v) is 11.3. The van der Waals surface area contributed by atoms with Gasteiger partial charge in [0.25, 0.3) is 0 Å². The first-order valence-corrected chi connectivity index (χ1v) is 16.6. The first kappa shape index (κ1) is 39.4. The number of pyridine rings is 1. The number of carbonyl (C=O) groups excluding carboxylic acids is 3. The number of thioether (sulfide) groups is 1. The van der Waals surface area contributed by atoms with Crippen LogP contribution in [0.4, 0.5) is 9.59 Å². The van der Waals surface area contributed by atoms with E-state index in [0.29, 0.717) is 24.7 Å². The summed E-state index contributed by atoms with van der Waals surface area (Å²) in [4.78, 5) is 37.4. The van der Waals surface area contributed by atoms with Crippen molar-refractivity contribution in [1.82, 2.24) is 10.2 Å². The second-order valence-electron chi connectivity index (χ2n) is 10.1. The molecule has 1 aromatic heterocycles. The van der Waals surface area contributed by atoms with Gasteiger partial charge in [0.05, 0.1) is 0 Å². The summed E-state index contributed by atoms with van der Waals surface area (Å²) in [7, 11) is 0. The molecule has 3 amide bonds. The van der Waals surface area contributed by atoms with Crippen LogP contribution in [0.3, 0.4) is 0 Å². The standard InChI is InChI=1S/C31H53N3O5S.HI/c1-4-6-7-8-9-10-11-12-13-14-15-16-18-21-32-30(36)38-23-25-40-26-24-39-31(37)34(28(3)35)27-29-20-17-19-22-33(29)5-2;/h17,19-20,22H,4-16,18,21,23-27H2,1-3H3;1H. The molecule has 1 aromatic rings. The Morgan fingerprint density at radius 2 is 1.39 bits per heavy atom. The Morgan fingerprint density at radius 3 is 1.95 bits per heavy atom. The van der Waals surface area contributed by atoms with E-state index in [0.717, 1.165) is 30.0 Å². The maximum absolute atomic E-state index is 12.4. The lowest BCUT2D eigenvalue weighted by atomic mass is 10.0. The van der Waals surface area contributed by atoms with Crippen molar-refractivity contribution >= 4 is 29.9 Å². The van der Waals surface area contributed by atoms with Crippen LogP contribution in [0, 0.1) is 0 Å². The summed E-state index contributed by atoms with van der Waals surface area (Å²) >= 11 is 1.53. The van der Waals surface area contributed by atoms with E-state index in [-0.39, 0.29) is 49.1 Å². The molecule has 41 heavy (non-hydrogen) atoms. The monoisotopic (exact) mass is 707 g/mol. The van der Waals surface area contributed by atoms with Gasteiger partial charge in [-0.15, -0.1) is 0 Å². The maximum Gasteiger partial charge on any atom is 0.417 e. The summed E-state index contributed by atoms with van der Waals surface area (Å²) in [6.07, 6.45) is 17.8. The minimum absolute atomic E-state index is 0. The molecule has 0 atom stereocenters. The van der Waals surface area contributed by atoms with Gasteiger partial charge in [0, 0.05) is 37.1 Å². The van der Waals surface area contributed by atoms with Gasteiger partial charge in [0.2, 0.25) is 11.6 Å². The molecule has 0 radical (unpaired) electrons. The Hall–Kier alpha value is -1.56. The van der Waals surface area contributed by atoms with Crippen LogP contribution in [0.15, 0.2) is 24.4 Å². The Labute approximate surface area is 270 Å². The van der Waals surface area contributed by atoms with Crippen LogP contribution in [0.25, 0.3) is 0 Å². The molecule has 236 valence electrons. The largest absolute Gasteiger partial charge is 1.00 e. The highest BCUT2D eigenvalue weighted by atomic mass is 127. The third-order valence-corrected chi connectivity index (χ3v) is 7.67. The lowest BCUT2D eigenvalue weighted by Crippen LogP contribution is -3.00. The molecule has 10 heteroatoms. The van der Waals surface area contributed by atoms with Crippen molar-refractivity contribution in [3.8, 4) is 0 Å². The van der Waals surface area contributed by atoms with Gasteiger partial charge < -0.3 is 38.8 Å². The number of ether oxygens (including phenoxy) is 2. The number of carbonyl (C=O) groups is 3. The van der Waals surface area contributed by atoms with Crippen LogP contribution >= 0.6 is 11.8 Å². The molecule has 0 saturated heterocycles. The molecule has 0 aliphatic heterocycles. The summed E-state index contributed by atoms with van der Waals surface area (Å²) < 4.78 is 12.5. The lowest BCUT2D eigenvalue weighted by molar-refractivity contribution is -0.701. The zero-order chi connectivity index (χ0) is 29.3. The van der Waals surface area contributed by atoms with Crippen LogP contribution in [0.2, 0.25) is 0 Å². The Morgan fingerprint density at radius 1 is 0.829 bits per heavy atom. The van der Waals surface area contributed by atoms with Crippen molar-refractivity contribution in [2.24, 2.45) is 0 Å². The number of hydrogen-bond donors (Lipinski definition) is 1. The highest BCUT2D eigenvalue weighted by Gasteiger charge is 2.23. The van der Waals surface area contributed by atoms with E-state index < -0.39 is 6.09 Å². The van der Waals surface area contributed by atoms with Gasteiger partial charge in [-0.05, 0) is 13.3 Å². The highest BCUT2D eigenvalue weighted by molar-refractivity contribution is 7.99. The van der Waals surface area contributed by atoms with Gasteiger partial charge in [-0.25, -0.2) is 19.1 Å². The highest BCUT2D eigenvalue weighted by Crippen LogP contribution is 2.12. The smallest absolute Gasteiger partial charge is 0.417 e. The van der Waals surface area contributed by atoms with Crippen molar-refractivity contribution in [1.29, 1.82) is 0 Å². The van der Waals surface area contributed by atoms with Gasteiger partial charge >= 0.3 is 12.2 Å². The number of aromatic nitrogens is 1. The number of nitrogens with zero attached hydrogens (tertiary/aromatic N) is 2. The zero-order valence-electron chi connectivity index (χ0n) is 25.7. The summed E-state index contributed by atoms with van der Waals surface area (Å²) in [6.45, 7) is 7.66. The minimum atomic E-state index is -0.650. The zero-order valence-corrected chi connectivity index (χ0v) is 28.6. The van der Waals surface area contributed by atoms with Gasteiger partial charge in [-0.3, -0.25) is 4.79 Å². The maximum atomic E-state index is 12.4. The normalized spacial score (nSPS) is 10.5. The fraction of sp³-hybridized carbons (Fsp3) is 0.742. The third kappa shape index (κ3) is 20.9. The molecule has 0 aliphatic rings. The Balaban J connectivity index is 0.0000160. The molecule has 1 rings (SSSR count). The molecular weight excluding hydrogens is 653 g/mol. The molecule has 1 N–H and O–H groups in total. The van der Waals surface area contributed by atoms with Gasteiger partial charge in [0.1, 0.15) is 26.3 Å². The summed E-state index contributed by atoms with van der Waals surface area (Å²) in [6, 6.07) is 5.68. The number of amides is 3. The van der Waals surface area contributed by atoms with E-state index >= 15 is 0 Å². The van der Waals surface area contributed by atoms with Crippen molar-refractivity contribution in [3.63, 3.8) is 0 Å². The quantitative estimate of drug-likeness (QED) is 0.105. The van der Waals surface area contributed by atoms with Gasteiger partial charge in [-0.1, -0.05) is 90.0 Å². The number of halogens is 1. The molecule has 0 bridgehead atoms. The van der Waals surface area contributed by atoms with E-state index in [1.54, 1.807) is 0 Å². The minimum Gasteiger partial charge on any atom is -1.00 e. The number of rotatable bonds is 23. The topological polar surface area (TPSA) is 88.8 Å². The molecule has 1 heterocycles. The molecule has 0 spiro atoms. The molecule has 0 fully saturated rings. The van der Waals surface area contributed by atoms with Crippen molar-refractivity contribution < 1.29 is 52.4 Å². The third-order valence-electron chi connectivity index (χ3n) is 6.76. The SMILES string of the molecule is CCCCCCCCCCCCCCCNC(=O)OCCSCCOC(=O)N(Cc1cccc[n+]1CC)C(C)=O.[I-]. The fourth-order valence-corrected chi connectivity index (χ4v) is 4.98. The van der Waals surface area contributed by atoms with E-state index in [9.17, 15) is 14.4 Å². The number of unbranched alkanes of at least 4 members (excludes halogenated alkanes) is 12. The predicted octanol–water partition coefficient (Wildman–Crippen LogP) is 4.03. The average molecular weight is 708 g/mol. The molecule has 0 aromatic carbocycles. The van der Waals surface area contributed by atoms with E-state index in [1.807, 2.05) is 35.9 Å². The second kappa shape index (κ2) is 27.3. The van der Waals surface area contributed by atoms with Crippen molar-refractivity contribution in [3.05, 3.63) is 30.1 Å². The summed E-state index contributed by atoms with van der Waals surface area (Å²) in [5, 5.41) is 2.81. The first-order chi connectivity index (χ1) is 19.5. The fourth-order valence-electron chi connectivity index (χ4n) is 4.38. The summed E-state index contributed by atoms with van der Waals surface area (Å²) in [5.74, 6) is 0.810. The lowest BCUT2D eigenvalue weighted by Gasteiger charge is -2.17. The average Bonchev–Trinajstić information content (AvgIpc) is 2.95. The number of imide groups is 1. The van der Waals surface area contributed by atoms with Gasteiger partial charge in [-0.2, -0.15) is 11.8 Å². The van der Waals surface area contributed by atoms with Crippen LogP contribution in [-0.2, 0) is 27.4 Å². The molecular formula is C31H54IN3O5S. The molecule has 8 nitrogen and oxygen atoms in total. The molecule has 0 unspecified atom stereocenters. The Kier molecular flexibility index (Phi) is 26.2. The number of nitrogens with one attached hydrogen (secondary N) is 1. The number of alkyl carbamates (subject to hydrolysis) is 1. The number of hydrogen-bond acceptors (Lipinski definition) is 6. The van der Waals surface area contributed by atoms with E-state index in [4.69, 9.17) is 9.47 Å². The van der Waals surface area contributed by atoms with Crippen LogP contribution in [-0.4, -0.2) is 54.3 Å². The Bertz CT molecular complexity index is 831. The predicted molar refractivity (Wildman–Crippen MR) is 162 cm³/mol. The van der Waals surface area contributed by atoms with Crippen LogP contribution < -0.4 is 33.9 Å². The van der Waals surface area contributed by atoms with Crippen molar-refractivity contribution in [2.45, 2.75) is 117 Å². The van der Waals surface area contributed by atoms with Crippen LogP contribution in [0.1, 0.15) is 110 Å².